The summed E-state index contributed by atoms with van der Waals surface area (Å²) in [5, 5.41) is 2.79. The quantitative estimate of drug-likeness (QED) is 0.849. The number of carbonyl (C=O) groups excluding carboxylic acids is 2. The highest BCUT2D eigenvalue weighted by Gasteiger charge is 2.05. The third-order valence-electron chi connectivity index (χ3n) is 2.84. The number of hydrogen-bond donors (Lipinski definition) is 2. The lowest BCUT2D eigenvalue weighted by molar-refractivity contribution is -0.111. The first-order valence-corrected chi connectivity index (χ1v) is 6.68. The van der Waals surface area contributed by atoms with E-state index in [4.69, 9.17) is 17.3 Å². The lowest BCUT2D eigenvalue weighted by Crippen LogP contribution is -2.11. The van der Waals surface area contributed by atoms with E-state index in [1.54, 1.807) is 12.1 Å². The van der Waals surface area contributed by atoms with Gasteiger partial charge in [0.1, 0.15) is 5.82 Å². The first-order valence-electron chi connectivity index (χ1n) is 6.30. The normalized spacial score (nSPS) is 10.6. The minimum absolute atomic E-state index is 0.142. The smallest absolute Gasteiger partial charge is 0.248 e. The van der Waals surface area contributed by atoms with Crippen LogP contribution < -0.4 is 11.1 Å². The third kappa shape index (κ3) is 3.93. The molecule has 112 valence electrons. The largest absolute Gasteiger partial charge is 0.366 e. The number of nitrogens with one attached hydrogen (secondary N) is 1. The van der Waals surface area contributed by atoms with Gasteiger partial charge in [0, 0.05) is 22.9 Å². The van der Waals surface area contributed by atoms with E-state index in [0.717, 1.165) is 0 Å². The van der Waals surface area contributed by atoms with Crippen molar-refractivity contribution >= 4 is 35.2 Å². The Bertz CT molecular complexity index is 722. The highest BCUT2D eigenvalue weighted by molar-refractivity contribution is 6.32. The molecule has 2 rings (SSSR count). The molecule has 2 aromatic rings. The van der Waals surface area contributed by atoms with Gasteiger partial charge in [-0.15, -0.1) is 0 Å². The van der Waals surface area contributed by atoms with E-state index in [-0.39, 0.29) is 10.6 Å². The molecule has 3 N–H and O–H groups in total. The average molecular weight is 319 g/mol. The van der Waals surface area contributed by atoms with Gasteiger partial charge >= 0.3 is 0 Å². The molecular formula is C16H12ClFN2O2. The fraction of sp³-hybridized carbons (Fsp3) is 0. The number of rotatable bonds is 4. The van der Waals surface area contributed by atoms with Gasteiger partial charge in [-0.05, 0) is 42.5 Å². The van der Waals surface area contributed by atoms with Crippen molar-refractivity contribution in [2.45, 2.75) is 0 Å². The number of hydrogen-bond acceptors (Lipinski definition) is 2. The molecule has 0 spiro atoms. The summed E-state index contributed by atoms with van der Waals surface area (Å²) >= 11 is 5.85. The van der Waals surface area contributed by atoms with Crippen molar-refractivity contribution in [2.75, 3.05) is 5.32 Å². The molecule has 0 saturated carbocycles. The lowest BCUT2D eigenvalue weighted by Gasteiger charge is -2.03. The molecule has 0 radical (unpaired) electrons. The van der Waals surface area contributed by atoms with Crippen molar-refractivity contribution in [3.63, 3.8) is 0 Å². The standard InChI is InChI=1S/C16H12ClFN2O2/c17-13-2-1-3-14(18)12(13)8-9-15(21)20-11-6-4-10(5-7-11)16(19)22/h1-9H,(H2,19,22)(H,20,21)/b9-8+. The second-order valence-electron chi connectivity index (χ2n) is 4.40. The van der Waals surface area contributed by atoms with Crippen LogP contribution in [0.3, 0.4) is 0 Å². The van der Waals surface area contributed by atoms with Crippen molar-refractivity contribution in [1.82, 2.24) is 0 Å². The van der Waals surface area contributed by atoms with Crippen LogP contribution in [0, 0.1) is 5.82 Å². The fourth-order valence-corrected chi connectivity index (χ4v) is 1.96. The topological polar surface area (TPSA) is 72.2 Å². The van der Waals surface area contributed by atoms with Crippen molar-refractivity contribution in [3.8, 4) is 0 Å². The van der Waals surface area contributed by atoms with E-state index in [2.05, 4.69) is 5.32 Å². The van der Waals surface area contributed by atoms with Crippen LogP contribution in [-0.2, 0) is 4.79 Å². The molecule has 0 fully saturated rings. The Labute approximate surface area is 131 Å². The van der Waals surface area contributed by atoms with Gasteiger partial charge in [-0.3, -0.25) is 9.59 Å². The predicted molar refractivity (Wildman–Crippen MR) is 84.0 cm³/mol. The Hall–Kier alpha value is -2.66. The Morgan fingerprint density at radius 3 is 2.41 bits per heavy atom. The highest BCUT2D eigenvalue weighted by Crippen LogP contribution is 2.20. The number of anilines is 1. The maximum Gasteiger partial charge on any atom is 0.248 e. The van der Waals surface area contributed by atoms with E-state index in [9.17, 15) is 14.0 Å². The zero-order valence-corrected chi connectivity index (χ0v) is 12.1. The summed E-state index contributed by atoms with van der Waals surface area (Å²) in [7, 11) is 0. The van der Waals surface area contributed by atoms with E-state index in [0.29, 0.717) is 11.3 Å². The van der Waals surface area contributed by atoms with Crippen LogP contribution in [0.4, 0.5) is 10.1 Å². The molecule has 0 aliphatic rings. The van der Waals surface area contributed by atoms with Gasteiger partial charge < -0.3 is 11.1 Å². The predicted octanol–water partition coefficient (Wildman–Crippen LogP) is 3.23. The number of primary amides is 1. The van der Waals surface area contributed by atoms with Crippen LogP contribution in [-0.4, -0.2) is 11.8 Å². The van der Waals surface area contributed by atoms with Crippen LogP contribution in [0.1, 0.15) is 15.9 Å². The van der Waals surface area contributed by atoms with Gasteiger partial charge in [0.05, 0.1) is 5.02 Å². The summed E-state index contributed by atoms with van der Waals surface area (Å²) in [6, 6.07) is 10.3. The Balaban J connectivity index is 2.06. The second-order valence-corrected chi connectivity index (χ2v) is 4.81. The molecule has 0 unspecified atom stereocenters. The van der Waals surface area contributed by atoms with Gasteiger partial charge in [-0.1, -0.05) is 17.7 Å². The van der Waals surface area contributed by atoms with Gasteiger partial charge in [-0.25, -0.2) is 4.39 Å². The molecular weight excluding hydrogens is 307 g/mol. The molecule has 6 heteroatoms. The molecule has 2 amide bonds. The van der Waals surface area contributed by atoms with E-state index < -0.39 is 17.6 Å². The number of nitrogens with two attached hydrogens (primary N) is 1. The molecule has 4 nitrogen and oxygen atoms in total. The van der Waals surface area contributed by atoms with Crippen LogP contribution in [0.5, 0.6) is 0 Å². The number of carbonyl (C=O) groups is 2. The SMILES string of the molecule is NC(=O)c1ccc(NC(=O)/C=C/c2c(F)cccc2Cl)cc1. The van der Waals surface area contributed by atoms with Gasteiger partial charge in [0.2, 0.25) is 11.8 Å². The molecule has 0 aromatic heterocycles. The summed E-state index contributed by atoms with van der Waals surface area (Å²) in [6.45, 7) is 0. The Morgan fingerprint density at radius 2 is 1.82 bits per heavy atom. The monoisotopic (exact) mass is 318 g/mol. The second kappa shape index (κ2) is 6.87. The minimum atomic E-state index is -0.549. The molecule has 0 atom stereocenters. The van der Waals surface area contributed by atoms with Crippen molar-refractivity contribution in [2.24, 2.45) is 5.73 Å². The summed E-state index contributed by atoms with van der Waals surface area (Å²) in [5.74, 6) is -1.51. The van der Waals surface area contributed by atoms with Gasteiger partial charge in [0.25, 0.3) is 0 Å². The van der Waals surface area contributed by atoms with Crippen molar-refractivity contribution in [3.05, 3.63) is 70.5 Å². The Kier molecular flexibility index (Phi) is 4.91. The molecule has 0 aliphatic heterocycles. The number of halogens is 2. The molecule has 0 bridgehead atoms. The van der Waals surface area contributed by atoms with E-state index >= 15 is 0 Å². The molecule has 22 heavy (non-hydrogen) atoms. The fourth-order valence-electron chi connectivity index (χ4n) is 1.73. The summed E-state index contributed by atoms with van der Waals surface area (Å²) in [4.78, 5) is 22.7. The maximum absolute atomic E-state index is 13.5. The zero-order valence-electron chi connectivity index (χ0n) is 11.3. The molecule has 0 heterocycles. The highest BCUT2D eigenvalue weighted by atomic mass is 35.5. The van der Waals surface area contributed by atoms with Crippen LogP contribution in [0.2, 0.25) is 5.02 Å². The average Bonchev–Trinajstić information content (AvgIpc) is 2.47. The Morgan fingerprint density at radius 1 is 1.14 bits per heavy atom. The van der Waals surface area contributed by atoms with Crippen molar-refractivity contribution < 1.29 is 14.0 Å². The number of benzene rings is 2. The lowest BCUT2D eigenvalue weighted by atomic mass is 10.2. The van der Waals surface area contributed by atoms with Gasteiger partial charge in [0.15, 0.2) is 0 Å². The minimum Gasteiger partial charge on any atom is -0.366 e. The summed E-state index contributed by atoms with van der Waals surface area (Å²) < 4.78 is 13.5. The van der Waals surface area contributed by atoms with Gasteiger partial charge in [-0.2, -0.15) is 0 Å². The maximum atomic E-state index is 13.5. The summed E-state index contributed by atoms with van der Waals surface area (Å²) in [5.41, 5.74) is 6.09. The molecule has 0 aliphatic carbocycles. The van der Waals surface area contributed by atoms with Crippen LogP contribution in [0.15, 0.2) is 48.5 Å². The van der Waals surface area contributed by atoms with E-state index in [1.165, 1.54) is 42.5 Å². The number of amides is 2. The van der Waals surface area contributed by atoms with E-state index in [1.807, 2.05) is 0 Å². The molecule has 2 aromatic carbocycles. The van der Waals surface area contributed by atoms with Crippen LogP contribution in [0.25, 0.3) is 6.08 Å². The van der Waals surface area contributed by atoms with Crippen LogP contribution >= 0.6 is 11.6 Å². The van der Waals surface area contributed by atoms with Crippen molar-refractivity contribution in [1.29, 1.82) is 0 Å². The molecule has 0 saturated heterocycles. The third-order valence-corrected chi connectivity index (χ3v) is 3.17. The summed E-state index contributed by atoms with van der Waals surface area (Å²) in [6.07, 6.45) is 2.47. The zero-order chi connectivity index (χ0) is 16.1. The first kappa shape index (κ1) is 15.7. The first-order chi connectivity index (χ1) is 10.5.